The third-order valence-electron chi connectivity index (χ3n) is 4.91. The summed E-state index contributed by atoms with van der Waals surface area (Å²) in [6.45, 7) is 3.17. The van der Waals surface area contributed by atoms with Gasteiger partial charge in [0.15, 0.2) is 0 Å². The molecule has 8 nitrogen and oxygen atoms in total. The maximum atomic E-state index is 13.2. The fourth-order valence-electron chi connectivity index (χ4n) is 3.20. The molecule has 0 spiro atoms. The molecular weight excluding hydrogens is 346 g/mol. The summed E-state index contributed by atoms with van der Waals surface area (Å²) in [6.07, 6.45) is 4.27. The molecule has 27 heavy (non-hydrogen) atoms. The molecule has 1 fully saturated rings. The first-order valence-corrected chi connectivity index (χ1v) is 9.01. The van der Waals surface area contributed by atoms with E-state index >= 15 is 0 Å². The van der Waals surface area contributed by atoms with Crippen LogP contribution in [0.3, 0.4) is 0 Å². The van der Waals surface area contributed by atoms with Gasteiger partial charge in [0.25, 0.3) is 11.8 Å². The highest BCUT2D eigenvalue weighted by Crippen LogP contribution is 2.29. The van der Waals surface area contributed by atoms with Crippen molar-refractivity contribution < 1.29 is 14.3 Å². The second-order valence-corrected chi connectivity index (χ2v) is 6.63. The summed E-state index contributed by atoms with van der Waals surface area (Å²) in [6, 6.07) is 8.90. The smallest absolute Gasteiger partial charge is 0.253 e. The lowest BCUT2D eigenvalue weighted by atomic mass is 9.87. The molecule has 1 aromatic heterocycles. The van der Waals surface area contributed by atoms with Gasteiger partial charge >= 0.3 is 0 Å². The number of piperidine rings is 1. The summed E-state index contributed by atoms with van der Waals surface area (Å²) in [5, 5.41) is 13.4. The van der Waals surface area contributed by atoms with Gasteiger partial charge in [-0.3, -0.25) is 14.3 Å². The van der Waals surface area contributed by atoms with Crippen LogP contribution in [-0.2, 0) is 19.9 Å². The largest absolute Gasteiger partial charge is 0.372 e. The Hall–Kier alpha value is -2.71. The van der Waals surface area contributed by atoms with Crippen LogP contribution in [0, 0.1) is 0 Å². The van der Waals surface area contributed by atoms with E-state index in [1.165, 1.54) is 7.11 Å². The van der Waals surface area contributed by atoms with Gasteiger partial charge in [-0.05, 0) is 57.1 Å². The van der Waals surface area contributed by atoms with Gasteiger partial charge in [-0.25, -0.2) is 0 Å². The second-order valence-electron chi connectivity index (χ2n) is 6.63. The van der Waals surface area contributed by atoms with Gasteiger partial charge < -0.3 is 20.7 Å². The number of carbonyl (C=O) groups excluding carboxylic acids is 2. The van der Waals surface area contributed by atoms with Gasteiger partial charge in [0, 0.05) is 30.9 Å². The maximum absolute atomic E-state index is 13.2. The monoisotopic (exact) mass is 371 g/mol. The lowest BCUT2D eigenvalue weighted by Gasteiger charge is -2.36. The maximum Gasteiger partial charge on any atom is 0.253 e. The number of aromatic nitrogens is 2. The summed E-state index contributed by atoms with van der Waals surface area (Å²) < 4.78 is 6.76. The molecule has 144 valence electrons. The quantitative estimate of drug-likeness (QED) is 0.716. The van der Waals surface area contributed by atoms with Crippen molar-refractivity contribution in [2.45, 2.75) is 31.4 Å². The van der Waals surface area contributed by atoms with Gasteiger partial charge in [-0.2, -0.15) is 5.10 Å². The van der Waals surface area contributed by atoms with Crippen LogP contribution in [0.1, 0.15) is 19.8 Å². The Balaban J connectivity index is 1.77. The third-order valence-corrected chi connectivity index (χ3v) is 4.91. The summed E-state index contributed by atoms with van der Waals surface area (Å²) in [7, 11) is 1.48. The average molecular weight is 371 g/mol. The first kappa shape index (κ1) is 19.1. The Labute approximate surface area is 158 Å². The molecule has 0 aliphatic carbocycles. The summed E-state index contributed by atoms with van der Waals surface area (Å²) in [5.74, 6) is -0.353. The molecule has 0 bridgehead atoms. The average Bonchev–Trinajstić information content (AvgIpc) is 3.23. The lowest BCUT2D eigenvalue weighted by Crippen LogP contribution is -2.52. The molecule has 2 aromatic rings. The minimum Gasteiger partial charge on any atom is -0.372 e. The van der Waals surface area contributed by atoms with Crippen LogP contribution in [0.2, 0.25) is 0 Å². The zero-order valence-corrected chi connectivity index (χ0v) is 15.6. The molecular formula is C19H25N5O3. The predicted molar refractivity (Wildman–Crippen MR) is 102 cm³/mol. The Bertz CT molecular complexity index is 784. The molecule has 8 heteroatoms. The Kier molecular flexibility index (Phi) is 5.88. The number of rotatable bonds is 6. The zero-order chi connectivity index (χ0) is 19.3. The van der Waals surface area contributed by atoms with E-state index in [4.69, 9.17) is 4.74 Å². The number of ether oxygens (including phenoxy) is 1. The Morgan fingerprint density at radius 3 is 2.56 bits per heavy atom. The van der Waals surface area contributed by atoms with E-state index in [0.29, 0.717) is 24.2 Å². The van der Waals surface area contributed by atoms with Crippen LogP contribution in [0.15, 0.2) is 42.7 Å². The van der Waals surface area contributed by atoms with Crippen molar-refractivity contribution in [1.82, 2.24) is 15.1 Å². The van der Waals surface area contributed by atoms with Crippen molar-refractivity contribution in [3.8, 4) is 0 Å². The molecule has 2 amide bonds. The summed E-state index contributed by atoms with van der Waals surface area (Å²) in [4.78, 5) is 25.2. The van der Waals surface area contributed by atoms with E-state index in [1.807, 2.05) is 12.3 Å². The fourth-order valence-corrected chi connectivity index (χ4v) is 3.20. The SMILES string of the molecule is COC(C)C(=O)Nc1cccc(NC(=O)C2(n3cccn3)CCNCC2)c1. The topological polar surface area (TPSA) is 97.3 Å². The number of anilines is 2. The fraction of sp³-hybridized carbons (Fsp3) is 0.421. The van der Waals surface area contributed by atoms with E-state index in [-0.39, 0.29) is 11.8 Å². The minimum atomic E-state index is -0.724. The van der Waals surface area contributed by atoms with Crippen molar-refractivity contribution in [1.29, 1.82) is 0 Å². The van der Waals surface area contributed by atoms with Crippen LogP contribution in [0.4, 0.5) is 11.4 Å². The molecule has 1 atom stereocenters. The van der Waals surface area contributed by atoms with Gasteiger partial charge in [-0.15, -0.1) is 0 Å². The Morgan fingerprint density at radius 1 is 1.22 bits per heavy atom. The van der Waals surface area contributed by atoms with E-state index in [1.54, 1.807) is 42.1 Å². The van der Waals surface area contributed by atoms with Crippen molar-refractivity contribution >= 4 is 23.2 Å². The molecule has 3 N–H and O–H groups in total. The molecule has 1 aliphatic heterocycles. The number of methoxy groups -OCH3 is 1. The van der Waals surface area contributed by atoms with Crippen molar-refractivity contribution in [2.24, 2.45) is 0 Å². The molecule has 0 saturated carbocycles. The van der Waals surface area contributed by atoms with Crippen LogP contribution in [0.25, 0.3) is 0 Å². The third kappa shape index (κ3) is 4.17. The van der Waals surface area contributed by atoms with Gasteiger partial charge in [0.05, 0.1) is 0 Å². The number of nitrogens with one attached hydrogen (secondary N) is 3. The van der Waals surface area contributed by atoms with Gasteiger partial charge in [0.2, 0.25) is 0 Å². The van der Waals surface area contributed by atoms with E-state index < -0.39 is 11.6 Å². The van der Waals surface area contributed by atoms with Gasteiger partial charge in [-0.1, -0.05) is 6.07 Å². The number of carbonyl (C=O) groups is 2. The second kappa shape index (κ2) is 8.32. The number of hydrogen-bond acceptors (Lipinski definition) is 5. The standard InChI is InChI=1S/C19H25N5O3/c1-14(27-2)17(25)22-15-5-3-6-16(13-15)23-18(26)19(7-10-20-11-8-19)24-12-4-9-21-24/h3-6,9,12-14,20H,7-8,10-11H2,1-2H3,(H,22,25)(H,23,26). The summed E-state index contributed by atoms with van der Waals surface area (Å²) in [5.41, 5.74) is 0.492. The van der Waals surface area contributed by atoms with Crippen LogP contribution < -0.4 is 16.0 Å². The van der Waals surface area contributed by atoms with E-state index in [2.05, 4.69) is 21.0 Å². The molecule has 0 radical (unpaired) electrons. The lowest BCUT2D eigenvalue weighted by molar-refractivity contribution is -0.126. The van der Waals surface area contributed by atoms with Crippen LogP contribution in [0.5, 0.6) is 0 Å². The first-order chi connectivity index (χ1) is 13.0. The molecule has 2 heterocycles. The molecule has 1 aromatic carbocycles. The van der Waals surface area contributed by atoms with Crippen LogP contribution in [-0.4, -0.2) is 47.9 Å². The molecule has 3 rings (SSSR count). The van der Waals surface area contributed by atoms with Crippen molar-refractivity contribution in [2.75, 3.05) is 30.8 Å². The minimum absolute atomic E-state index is 0.110. The van der Waals surface area contributed by atoms with Crippen molar-refractivity contribution in [3.05, 3.63) is 42.7 Å². The highest BCUT2D eigenvalue weighted by molar-refractivity contribution is 5.98. The number of hydrogen-bond donors (Lipinski definition) is 3. The normalized spacial score (nSPS) is 17.1. The number of amides is 2. The Morgan fingerprint density at radius 2 is 1.93 bits per heavy atom. The number of nitrogens with zero attached hydrogens (tertiary/aromatic N) is 2. The van der Waals surface area contributed by atoms with Crippen LogP contribution >= 0.6 is 0 Å². The highest BCUT2D eigenvalue weighted by atomic mass is 16.5. The van der Waals surface area contributed by atoms with E-state index in [0.717, 1.165) is 13.1 Å². The number of benzene rings is 1. The first-order valence-electron chi connectivity index (χ1n) is 9.01. The van der Waals surface area contributed by atoms with Gasteiger partial charge in [0.1, 0.15) is 11.6 Å². The predicted octanol–water partition coefficient (Wildman–Crippen LogP) is 1.57. The highest BCUT2D eigenvalue weighted by Gasteiger charge is 2.42. The molecule has 1 unspecified atom stereocenters. The molecule has 1 aliphatic rings. The molecule has 1 saturated heterocycles. The summed E-state index contributed by atoms with van der Waals surface area (Å²) >= 11 is 0. The van der Waals surface area contributed by atoms with Crippen molar-refractivity contribution in [3.63, 3.8) is 0 Å². The van der Waals surface area contributed by atoms with E-state index in [9.17, 15) is 9.59 Å². The zero-order valence-electron chi connectivity index (χ0n) is 15.6.